The van der Waals surface area contributed by atoms with E-state index in [9.17, 15) is 9.59 Å². The molecule has 1 atom stereocenters. The molecule has 0 saturated heterocycles. The van der Waals surface area contributed by atoms with E-state index in [2.05, 4.69) is 11.4 Å². The van der Waals surface area contributed by atoms with Crippen LogP contribution < -0.4 is 5.32 Å². The van der Waals surface area contributed by atoms with Crippen LogP contribution in [-0.4, -0.2) is 29.9 Å². The maximum atomic E-state index is 12.5. The molecule has 0 fully saturated rings. The second-order valence-corrected chi connectivity index (χ2v) is 6.54. The first-order valence-electron chi connectivity index (χ1n) is 8.15. The van der Waals surface area contributed by atoms with E-state index in [1.165, 1.54) is 0 Å². The molecule has 0 heterocycles. The van der Waals surface area contributed by atoms with Gasteiger partial charge in [0.2, 0.25) is 0 Å². The molecule has 1 amide bonds. The summed E-state index contributed by atoms with van der Waals surface area (Å²) in [5, 5.41) is 11.8. The molecule has 0 aliphatic carbocycles. The average molecular weight is 368 g/mol. The maximum absolute atomic E-state index is 12.5. The molecule has 134 valence electrons. The summed E-state index contributed by atoms with van der Waals surface area (Å²) in [6, 6.07) is 17.0. The van der Waals surface area contributed by atoms with Crippen molar-refractivity contribution in [2.75, 3.05) is 12.0 Å². The third kappa shape index (κ3) is 5.64. The largest absolute Gasteiger partial charge is 0.459 e. The van der Waals surface area contributed by atoms with Gasteiger partial charge in [-0.05, 0) is 36.6 Å². The van der Waals surface area contributed by atoms with Gasteiger partial charge < -0.3 is 10.1 Å². The maximum Gasteiger partial charge on any atom is 0.329 e. The van der Waals surface area contributed by atoms with Crippen molar-refractivity contribution in [1.29, 1.82) is 5.26 Å². The van der Waals surface area contributed by atoms with Gasteiger partial charge >= 0.3 is 5.97 Å². The first-order chi connectivity index (χ1) is 12.7. The smallest absolute Gasteiger partial charge is 0.329 e. The highest BCUT2D eigenvalue weighted by Gasteiger charge is 2.22. The summed E-state index contributed by atoms with van der Waals surface area (Å²) < 4.78 is 5.35. The zero-order valence-corrected chi connectivity index (χ0v) is 15.3. The number of esters is 1. The molecule has 1 N–H and O–H groups in total. The predicted octanol–water partition coefficient (Wildman–Crippen LogP) is 3.15. The van der Waals surface area contributed by atoms with E-state index in [1.54, 1.807) is 60.3 Å². The predicted molar refractivity (Wildman–Crippen MR) is 102 cm³/mol. The van der Waals surface area contributed by atoms with E-state index < -0.39 is 12.0 Å². The van der Waals surface area contributed by atoms with Gasteiger partial charge in [-0.1, -0.05) is 36.4 Å². The van der Waals surface area contributed by atoms with Gasteiger partial charge in [0.25, 0.3) is 5.91 Å². The summed E-state index contributed by atoms with van der Waals surface area (Å²) >= 11 is 1.59. The first-order valence-corrected chi connectivity index (χ1v) is 9.54. The molecular formula is C20H20N2O3S. The molecular weight excluding hydrogens is 348 g/mol. The summed E-state index contributed by atoms with van der Waals surface area (Å²) in [5.41, 5.74) is 1.60. The van der Waals surface area contributed by atoms with Gasteiger partial charge in [0, 0.05) is 11.1 Å². The van der Waals surface area contributed by atoms with Crippen molar-refractivity contribution in [3.05, 3.63) is 71.3 Å². The molecule has 0 unspecified atom stereocenters. The highest BCUT2D eigenvalue weighted by molar-refractivity contribution is 7.98. The summed E-state index contributed by atoms with van der Waals surface area (Å²) in [5.74, 6) is -0.106. The Kier molecular flexibility index (Phi) is 7.72. The quantitative estimate of drug-likeness (QED) is 0.724. The SMILES string of the molecule is CSCC[C@H](NC(=O)c1ccccc1)C(=O)OCc1ccccc1C#N. The van der Waals surface area contributed by atoms with Crippen LogP contribution in [0.15, 0.2) is 54.6 Å². The standard InChI is InChI=1S/C20H20N2O3S/c1-26-12-11-18(22-19(23)15-7-3-2-4-8-15)20(24)25-14-17-10-6-5-9-16(17)13-21/h2-10,18H,11-12,14H2,1H3,(H,22,23)/t18-/m0/s1. The van der Waals surface area contributed by atoms with Crippen LogP contribution in [-0.2, 0) is 16.1 Å². The van der Waals surface area contributed by atoms with E-state index >= 15 is 0 Å². The van der Waals surface area contributed by atoms with E-state index in [0.29, 0.717) is 28.9 Å². The van der Waals surface area contributed by atoms with Crippen molar-refractivity contribution in [2.45, 2.75) is 19.1 Å². The number of ether oxygens (including phenoxy) is 1. The Morgan fingerprint density at radius 1 is 1.15 bits per heavy atom. The minimum absolute atomic E-state index is 0.000454. The number of thioether (sulfide) groups is 1. The number of nitrogens with zero attached hydrogens (tertiary/aromatic N) is 1. The van der Waals surface area contributed by atoms with Gasteiger partial charge in [0.15, 0.2) is 0 Å². The molecule has 5 nitrogen and oxygen atoms in total. The van der Waals surface area contributed by atoms with E-state index in [0.717, 1.165) is 0 Å². The highest BCUT2D eigenvalue weighted by atomic mass is 32.2. The van der Waals surface area contributed by atoms with Crippen LogP contribution in [0.4, 0.5) is 0 Å². The van der Waals surface area contributed by atoms with Crippen molar-refractivity contribution in [1.82, 2.24) is 5.32 Å². The third-order valence-corrected chi connectivity index (χ3v) is 4.39. The monoisotopic (exact) mass is 368 g/mol. The highest BCUT2D eigenvalue weighted by Crippen LogP contribution is 2.11. The van der Waals surface area contributed by atoms with Crippen molar-refractivity contribution in [3.63, 3.8) is 0 Å². The Morgan fingerprint density at radius 3 is 2.54 bits per heavy atom. The van der Waals surface area contributed by atoms with Crippen molar-refractivity contribution in [2.24, 2.45) is 0 Å². The number of rotatable bonds is 8. The molecule has 0 saturated carbocycles. The number of amides is 1. The second kappa shape index (κ2) is 10.3. The zero-order chi connectivity index (χ0) is 18.8. The minimum Gasteiger partial charge on any atom is -0.459 e. The Bertz CT molecular complexity index is 787. The molecule has 2 rings (SSSR count). The van der Waals surface area contributed by atoms with Gasteiger partial charge in [0.05, 0.1) is 11.6 Å². The number of nitriles is 1. The Labute approximate surface area is 157 Å². The van der Waals surface area contributed by atoms with E-state index in [4.69, 9.17) is 10.00 Å². The summed E-state index contributed by atoms with van der Waals surface area (Å²) in [6.07, 6.45) is 2.41. The lowest BCUT2D eigenvalue weighted by atomic mass is 10.1. The van der Waals surface area contributed by atoms with Crippen LogP contribution in [0.25, 0.3) is 0 Å². The Hall–Kier alpha value is -2.78. The molecule has 0 aliphatic rings. The fraction of sp³-hybridized carbons (Fsp3) is 0.250. The van der Waals surface area contributed by atoms with E-state index in [-0.39, 0.29) is 12.5 Å². The van der Waals surface area contributed by atoms with Crippen molar-refractivity contribution >= 4 is 23.6 Å². The molecule has 2 aromatic rings. The summed E-state index contributed by atoms with van der Waals surface area (Å²) in [6.45, 7) is -0.000454. The lowest BCUT2D eigenvalue weighted by Crippen LogP contribution is -2.42. The van der Waals surface area contributed by atoms with Gasteiger partial charge in [0.1, 0.15) is 12.6 Å². The number of carbonyl (C=O) groups is 2. The normalized spacial score (nSPS) is 11.2. The van der Waals surface area contributed by atoms with E-state index in [1.807, 2.05) is 12.3 Å². The van der Waals surface area contributed by atoms with Crippen LogP contribution >= 0.6 is 11.8 Å². The number of benzene rings is 2. The van der Waals surface area contributed by atoms with Gasteiger partial charge in [-0.15, -0.1) is 0 Å². The second-order valence-electron chi connectivity index (χ2n) is 5.55. The zero-order valence-electron chi connectivity index (χ0n) is 14.5. The summed E-state index contributed by atoms with van der Waals surface area (Å²) in [7, 11) is 0. The van der Waals surface area contributed by atoms with Crippen LogP contribution in [0, 0.1) is 11.3 Å². The molecule has 0 spiro atoms. The third-order valence-electron chi connectivity index (χ3n) is 3.74. The molecule has 0 radical (unpaired) electrons. The fourth-order valence-electron chi connectivity index (χ4n) is 2.32. The minimum atomic E-state index is -0.732. The lowest BCUT2D eigenvalue weighted by Gasteiger charge is -2.17. The van der Waals surface area contributed by atoms with Crippen LogP contribution in [0.2, 0.25) is 0 Å². The number of nitrogens with one attached hydrogen (secondary N) is 1. The lowest BCUT2D eigenvalue weighted by molar-refractivity contribution is -0.147. The van der Waals surface area contributed by atoms with Gasteiger partial charge in [-0.25, -0.2) is 4.79 Å². The topological polar surface area (TPSA) is 79.2 Å². The fourth-order valence-corrected chi connectivity index (χ4v) is 2.79. The molecule has 6 heteroatoms. The number of carbonyl (C=O) groups excluding carboxylic acids is 2. The molecule has 2 aromatic carbocycles. The molecule has 0 bridgehead atoms. The van der Waals surface area contributed by atoms with Crippen LogP contribution in [0.3, 0.4) is 0 Å². The molecule has 0 aromatic heterocycles. The van der Waals surface area contributed by atoms with Gasteiger partial charge in [-0.3, -0.25) is 4.79 Å². The Balaban J connectivity index is 2.02. The first kappa shape index (κ1) is 19.5. The van der Waals surface area contributed by atoms with Crippen molar-refractivity contribution < 1.29 is 14.3 Å². The van der Waals surface area contributed by atoms with Gasteiger partial charge in [-0.2, -0.15) is 17.0 Å². The molecule has 0 aliphatic heterocycles. The Morgan fingerprint density at radius 2 is 1.85 bits per heavy atom. The van der Waals surface area contributed by atoms with Crippen molar-refractivity contribution in [3.8, 4) is 6.07 Å². The average Bonchev–Trinajstić information content (AvgIpc) is 2.69. The number of hydrogen-bond acceptors (Lipinski definition) is 5. The number of hydrogen-bond donors (Lipinski definition) is 1. The van der Waals surface area contributed by atoms with Crippen LogP contribution in [0.5, 0.6) is 0 Å². The molecule has 26 heavy (non-hydrogen) atoms. The van der Waals surface area contributed by atoms with Crippen LogP contribution in [0.1, 0.15) is 27.9 Å². The summed E-state index contributed by atoms with van der Waals surface area (Å²) in [4.78, 5) is 24.8.